The molecule has 0 saturated heterocycles. The van der Waals surface area contributed by atoms with Gasteiger partial charge in [-0.25, -0.2) is 10.2 Å². The van der Waals surface area contributed by atoms with E-state index in [0.717, 1.165) is 24.2 Å². The number of hydrazone groups is 1. The van der Waals surface area contributed by atoms with Crippen molar-refractivity contribution in [3.8, 4) is 5.75 Å². The first-order valence-corrected chi connectivity index (χ1v) is 8.13. The Hall–Kier alpha value is -2.53. The Balaban J connectivity index is 1.83. The highest BCUT2D eigenvalue weighted by Gasteiger charge is 2.00. The molecule has 2 rings (SSSR count). The van der Waals surface area contributed by atoms with Gasteiger partial charge in [-0.15, -0.1) is 0 Å². The predicted molar refractivity (Wildman–Crippen MR) is 98.0 cm³/mol. The van der Waals surface area contributed by atoms with Crippen LogP contribution in [-0.4, -0.2) is 18.9 Å². The smallest absolute Gasteiger partial charge is 0.339 e. The third-order valence-corrected chi connectivity index (χ3v) is 3.36. The van der Waals surface area contributed by atoms with Crippen LogP contribution in [0.4, 0.5) is 10.5 Å². The van der Waals surface area contributed by atoms with Gasteiger partial charge in [-0.2, -0.15) is 5.10 Å². The van der Waals surface area contributed by atoms with Crippen molar-refractivity contribution in [1.82, 2.24) is 5.43 Å². The summed E-state index contributed by atoms with van der Waals surface area (Å²) in [5.41, 5.74) is 3.89. The Kier molecular flexibility index (Phi) is 7.11. The molecule has 6 heteroatoms. The van der Waals surface area contributed by atoms with Gasteiger partial charge in [0.1, 0.15) is 5.75 Å². The number of nitrogens with zero attached hydrogens (tertiary/aromatic N) is 1. The van der Waals surface area contributed by atoms with Crippen molar-refractivity contribution in [2.24, 2.45) is 5.10 Å². The van der Waals surface area contributed by atoms with Gasteiger partial charge in [-0.05, 0) is 48.4 Å². The number of hydrogen-bond donors (Lipinski definition) is 2. The average Bonchev–Trinajstić information content (AvgIpc) is 2.58. The zero-order valence-electron chi connectivity index (χ0n) is 13.5. The molecule has 2 amide bonds. The van der Waals surface area contributed by atoms with Gasteiger partial charge >= 0.3 is 6.03 Å². The average molecular weight is 346 g/mol. The van der Waals surface area contributed by atoms with Crippen LogP contribution in [0.2, 0.25) is 5.02 Å². The molecule has 2 aromatic rings. The second kappa shape index (κ2) is 9.57. The molecule has 0 spiro atoms. The van der Waals surface area contributed by atoms with E-state index in [9.17, 15) is 4.79 Å². The summed E-state index contributed by atoms with van der Waals surface area (Å²) in [4.78, 5) is 11.7. The van der Waals surface area contributed by atoms with E-state index < -0.39 is 6.03 Å². The number of halogens is 1. The monoisotopic (exact) mass is 345 g/mol. The van der Waals surface area contributed by atoms with E-state index in [1.165, 1.54) is 0 Å². The van der Waals surface area contributed by atoms with Crippen LogP contribution in [0.5, 0.6) is 5.75 Å². The summed E-state index contributed by atoms with van der Waals surface area (Å²) in [6, 6.07) is 13.9. The van der Waals surface area contributed by atoms with E-state index in [2.05, 4.69) is 22.8 Å². The largest absolute Gasteiger partial charge is 0.494 e. The summed E-state index contributed by atoms with van der Waals surface area (Å²) >= 11 is 5.79. The Morgan fingerprint density at radius 1 is 1.25 bits per heavy atom. The lowest BCUT2D eigenvalue weighted by atomic mass is 10.2. The Labute approximate surface area is 146 Å². The summed E-state index contributed by atoms with van der Waals surface area (Å²) in [5.74, 6) is 0.790. The number of hydrogen-bond acceptors (Lipinski definition) is 3. The molecular weight excluding hydrogens is 326 g/mol. The van der Waals surface area contributed by atoms with Gasteiger partial charge in [0.2, 0.25) is 0 Å². The van der Waals surface area contributed by atoms with Crippen molar-refractivity contribution >= 4 is 29.5 Å². The van der Waals surface area contributed by atoms with Gasteiger partial charge < -0.3 is 10.1 Å². The van der Waals surface area contributed by atoms with Gasteiger partial charge in [0.05, 0.1) is 12.8 Å². The highest BCUT2D eigenvalue weighted by atomic mass is 35.5. The zero-order chi connectivity index (χ0) is 17.2. The number of benzene rings is 2. The van der Waals surface area contributed by atoms with Crippen LogP contribution < -0.4 is 15.5 Å². The van der Waals surface area contributed by atoms with Crippen LogP contribution in [0.3, 0.4) is 0 Å². The summed E-state index contributed by atoms with van der Waals surface area (Å²) in [6.45, 7) is 2.81. The van der Waals surface area contributed by atoms with Gasteiger partial charge in [-0.1, -0.05) is 37.1 Å². The van der Waals surface area contributed by atoms with Crippen molar-refractivity contribution in [3.05, 3.63) is 59.1 Å². The standard InChI is InChI=1S/C18H20ClN3O2/c1-2-3-11-24-17-6-4-5-14(12-17)13-20-22-18(23)21-16-9-7-15(19)8-10-16/h4-10,12-13H,2-3,11H2,1H3,(H2,21,22,23)/b20-13-. The zero-order valence-corrected chi connectivity index (χ0v) is 14.2. The molecule has 0 aliphatic rings. The molecule has 0 atom stereocenters. The minimum Gasteiger partial charge on any atom is -0.494 e. The van der Waals surface area contributed by atoms with Crippen LogP contribution >= 0.6 is 11.6 Å². The van der Waals surface area contributed by atoms with Crippen LogP contribution in [-0.2, 0) is 0 Å². The number of carbonyl (C=O) groups is 1. The lowest BCUT2D eigenvalue weighted by Gasteiger charge is -2.06. The first-order chi connectivity index (χ1) is 11.7. The highest BCUT2D eigenvalue weighted by Crippen LogP contribution is 2.13. The highest BCUT2D eigenvalue weighted by molar-refractivity contribution is 6.30. The molecule has 2 N–H and O–H groups in total. The molecule has 0 aliphatic carbocycles. The summed E-state index contributed by atoms with van der Waals surface area (Å²) in [6.07, 6.45) is 3.67. The Bertz CT molecular complexity index is 687. The molecule has 0 unspecified atom stereocenters. The molecule has 0 bridgehead atoms. The van der Waals surface area contributed by atoms with E-state index in [4.69, 9.17) is 16.3 Å². The number of amides is 2. The predicted octanol–water partition coefficient (Wildman–Crippen LogP) is 4.67. The van der Waals surface area contributed by atoms with Gasteiger partial charge in [0, 0.05) is 10.7 Å². The number of carbonyl (C=O) groups excluding carboxylic acids is 1. The maximum Gasteiger partial charge on any atom is 0.339 e. The second-order valence-electron chi connectivity index (χ2n) is 5.11. The first kappa shape index (κ1) is 17.8. The Morgan fingerprint density at radius 3 is 2.79 bits per heavy atom. The maximum absolute atomic E-state index is 11.7. The SMILES string of the molecule is CCCCOc1cccc(/C=N\NC(=O)Nc2ccc(Cl)cc2)c1. The number of ether oxygens (including phenoxy) is 1. The van der Waals surface area contributed by atoms with Crippen molar-refractivity contribution in [2.75, 3.05) is 11.9 Å². The fourth-order valence-electron chi connectivity index (χ4n) is 1.88. The topological polar surface area (TPSA) is 62.7 Å². The number of rotatable bonds is 7. The number of urea groups is 1. The quantitative estimate of drug-likeness (QED) is 0.435. The van der Waals surface area contributed by atoms with Crippen molar-refractivity contribution in [1.29, 1.82) is 0 Å². The summed E-state index contributed by atoms with van der Waals surface area (Å²) in [7, 11) is 0. The molecule has 126 valence electrons. The molecule has 0 saturated carbocycles. The third kappa shape index (κ3) is 6.30. The van der Waals surface area contributed by atoms with Gasteiger partial charge in [0.15, 0.2) is 0 Å². The van der Waals surface area contributed by atoms with E-state index in [0.29, 0.717) is 17.3 Å². The molecule has 0 radical (unpaired) electrons. The van der Waals surface area contributed by atoms with Crippen LogP contribution in [0.1, 0.15) is 25.3 Å². The van der Waals surface area contributed by atoms with Gasteiger partial charge in [-0.3, -0.25) is 0 Å². The fraction of sp³-hybridized carbons (Fsp3) is 0.222. The van der Waals surface area contributed by atoms with Crippen LogP contribution in [0.25, 0.3) is 0 Å². The maximum atomic E-state index is 11.7. The van der Waals surface area contributed by atoms with E-state index >= 15 is 0 Å². The molecule has 2 aromatic carbocycles. The number of anilines is 1. The summed E-state index contributed by atoms with van der Waals surface area (Å²) in [5, 5.41) is 7.19. The van der Waals surface area contributed by atoms with Crippen molar-refractivity contribution in [3.63, 3.8) is 0 Å². The van der Waals surface area contributed by atoms with Crippen LogP contribution in [0.15, 0.2) is 53.6 Å². The minimum absolute atomic E-state index is 0.427. The normalized spacial score (nSPS) is 10.6. The van der Waals surface area contributed by atoms with E-state index in [1.54, 1.807) is 30.5 Å². The fourth-order valence-corrected chi connectivity index (χ4v) is 2.00. The van der Waals surface area contributed by atoms with E-state index in [1.807, 2.05) is 24.3 Å². The van der Waals surface area contributed by atoms with Crippen molar-refractivity contribution < 1.29 is 9.53 Å². The number of nitrogens with one attached hydrogen (secondary N) is 2. The molecule has 0 aliphatic heterocycles. The van der Waals surface area contributed by atoms with Crippen molar-refractivity contribution in [2.45, 2.75) is 19.8 Å². The minimum atomic E-state index is -0.427. The molecule has 0 aromatic heterocycles. The molecular formula is C18H20ClN3O2. The lowest BCUT2D eigenvalue weighted by Crippen LogP contribution is -2.24. The van der Waals surface area contributed by atoms with Crippen LogP contribution in [0, 0.1) is 0 Å². The van der Waals surface area contributed by atoms with Gasteiger partial charge in [0.25, 0.3) is 0 Å². The van der Waals surface area contributed by atoms with E-state index in [-0.39, 0.29) is 0 Å². The first-order valence-electron chi connectivity index (χ1n) is 7.76. The lowest BCUT2D eigenvalue weighted by molar-refractivity contribution is 0.252. The molecule has 5 nitrogen and oxygen atoms in total. The number of unbranched alkanes of at least 4 members (excludes halogenated alkanes) is 1. The second-order valence-corrected chi connectivity index (χ2v) is 5.54. The Morgan fingerprint density at radius 2 is 2.04 bits per heavy atom. The molecule has 0 fully saturated rings. The third-order valence-electron chi connectivity index (χ3n) is 3.11. The molecule has 24 heavy (non-hydrogen) atoms. The summed E-state index contributed by atoms with van der Waals surface area (Å²) < 4.78 is 5.63. The molecule has 0 heterocycles.